The fourth-order valence-electron chi connectivity index (χ4n) is 11.9. The lowest BCUT2D eigenvalue weighted by Gasteiger charge is -2.68. The van der Waals surface area contributed by atoms with Crippen molar-refractivity contribution in [3.8, 4) is 0 Å². The van der Waals surface area contributed by atoms with Gasteiger partial charge in [0.05, 0.1) is 0 Å². The van der Waals surface area contributed by atoms with Crippen LogP contribution < -0.4 is 5.32 Å². The van der Waals surface area contributed by atoms with Gasteiger partial charge < -0.3 is 10.4 Å². The molecule has 2 aliphatic heterocycles. The first-order valence-electron chi connectivity index (χ1n) is 14.8. The third-order valence-corrected chi connectivity index (χ3v) is 13.3. The van der Waals surface area contributed by atoms with E-state index >= 15 is 0 Å². The molecule has 5 aliphatic carbocycles. The van der Waals surface area contributed by atoms with Crippen LogP contribution in [0.15, 0.2) is 47.1 Å². The molecule has 190 valence electrons. The summed E-state index contributed by atoms with van der Waals surface area (Å²) in [7, 11) is 0. The van der Waals surface area contributed by atoms with Crippen molar-refractivity contribution in [3.63, 3.8) is 0 Å². The molecule has 2 heterocycles. The molecule has 0 aromatic carbocycles. The van der Waals surface area contributed by atoms with Gasteiger partial charge in [0.25, 0.3) is 0 Å². The molecule has 0 amide bonds. The maximum atomic E-state index is 10.3. The molecule has 1 spiro atoms. The number of rotatable bonds is 3. The number of hydrogen-bond donors (Lipinski definition) is 2. The summed E-state index contributed by atoms with van der Waals surface area (Å²) in [5.41, 5.74) is 7.42. The third kappa shape index (κ3) is 2.69. The Morgan fingerprint density at radius 2 is 1.94 bits per heavy atom. The Morgan fingerprint density at radius 1 is 1.11 bits per heavy atom. The van der Waals surface area contributed by atoms with Crippen LogP contribution in [0.25, 0.3) is 0 Å². The molecule has 2 heteroatoms. The summed E-state index contributed by atoms with van der Waals surface area (Å²) < 4.78 is 0. The molecule has 0 aromatic rings. The largest absolute Gasteiger partial charge is 0.396 e. The van der Waals surface area contributed by atoms with E-state index in [-0.39, 0.29) is 11.1 Å². The van der Waals surface area contributed by atoms with E-state index in [1.807, 2.05) is 0 Å². The lowest BCUT2D eigenvalue weighted by atomic mass is 9.44. The minimum atomic E-state index is 0.153. The fourth-order valence-corrected chi connectivity index (χ4v) is 11.9. The van der Waals surface area contributed by atoms with Crippen molar-refractivity contribution in [3.05, 3.63) is 47.1 Å². The van der Waals surface area contributed by atoms with E-state index in [0.29, 0.717) is 41.1 Å². The first kappa shape index (κ1) is 23.0. The van der Waals surface area contributed by atoms with Gasteiger partial charge in [-0.3, -0.25) is 0 Å². The van der Waals surface area contributed by atoms with Crippen LogP contribution >= 0.6 is 0 Å². The zero-order valence-corrected chi connectivity index (χ0v) is 22.6. The zero-order valence-electron chi connectivity index (χ0n) is 22.6. The Hall–Kier alpha value is -1.12. The van der Waals surface area contributed by atoms with E-state index < -0.39 is 0 Å². The Bertz CT molecular complexity index is 1060. The van der Waals surface area contributed by atoms with Crippen molar-refractivity contribution in [2.45, 2.75) is 103 Å². The maximum absolute atomic E-state index is 10.3. The number of allylic oxidation sites excluding steroid dienone is 5. The Labute approximate surface area is 213 Å². The smallest absolute Gasteiger partial charge is 0.0496 e. The van der Waals surface area contributed by atoms with Gasteiger partial charge in [-0.2, -0.15) is 0 Å². The normalized spacial score (nSPS) is 53.8. The molecule has 0 unspecified atom stereocenters. The molecule has 0 aromatic heterocycles. The summed E-state index contributed by atoms with van der Waals surface area (Å²) in [6, 6.07) is 0. The monoisotopic (exact) mass is 473 g/mol. The molecule has 2 saturated heterocycles. The van der Waals surface area contributed by atoms with Gasteiger partial charge in [-0.25, -0.2) is 0 Å². The van der Waals surface area contributed by atoms with E-state index in [1.54, 1.807) is 16.7 Å². The van der Waals surface area contributed by atoms with Crippen molar-refractivity contribution >= 4 is 0 Å². The quantitative estimate of drug-likeness (QED) is 0.427. The topological polar surface area (TPSA) is 32.3 Å². The molecule has 2 N–H and O–H groups in total. The summed E-state index contributed by atoms with van der Waals surface area (Å²) in [5, 5.41) is 14.9. The van der Waals surface area contributed by atoms with Crippen molar-refractivity contribution in [1.29, 1.82) is 0 Å². The van der Waals surface area contributed by atoms with Gasteiger partial charge in [-0.05, 0) is 126 Å². The van der Waals surface area contributed by atoms with E-state index in [4.69, 9.17) is 0 Å². The van der Waals surface area contributed by atoms with Crippen LogP contribution in [0.1, 0.15) is 91.9 Å². The van der Waals surface area contributed by atoms with Crippen LogP contribution in [-0.4, -0.2) is 22.8 Å². The van der Waals surface area contributed by atoms with Crippen molar-refractivity contribution in [2.75, 3.05) is 6.61 Å². The second-order valence-electron chi connectivity index (χ2n) is 14.6. The van der Waals surface area contributed by atoms with Crippen molar-refractivity contribution in [1.82, 2.24) is 5.32 Å². The standard InChI is InChI=1S/C33H47NO/c1-20(2)22-10-12-30(4)17-27(14-21(3)29(30)15-22)32-13-11-24-16-25-8-9-28-23(19-35)6-7-26(18-32)33(25,28)31(24,5)34-32/h6-7,14,22-26,28,34-35H,1,8-13,15-19H2,2-5H3/t22-,23+,24+,25+,26-,28+,30+,31+,32-,33+/m1/s1. The number of aliphatic hydroxyl groups excluding tert-OH is 1. The van der Waals surface area contributed by atoms with Crippen molar-refractivity contribution < 1.29 is 5.11 Å². The van der Waals surface area contributed by atoms with Crippen molar-refractivity contribution in [2.24, 2.45) is 46.3 Å². The summed E-state index contributed by atoms with van der Waals surface area (Å²) >= 11 is 0. The van der Waals surface area contributed by atoms with E-state index in [2.05, 4.69) is 57.8 Å². The first-order valence-corrected chi connectivity index (χ1v) is 14.8. The average Bonchev–Trinajstić information content (AvgIpc) is 3.34. The van der Waals surface area contributed by atoms with Crippen LogP contribution in [0, 0.1) is 46.3 Å². The fraction of sp³-hybridized carbons (Fsp3) is 0.758. The highest BCUT2D eigenvalue weighted by Gasteiger charge is 2.76. The van der Waals surface area contributed by atoms with Crippen LogP contribution in [0.5, 0.6) is 0 Å². The predicted octanol–water partition coefficient (Wildman–Crippen LogP) is 7.13. The molecule has 7 aliphatic rings. The van der Waals surface area contributed by atoms with E-state index in [0.717, 1.165) is 11.8 Å². The lowest BCUT2D eigenvalue weighted by molar-refractivity contribution is -0.111. The SMILES string of the molecule is C=C(C)[C@@H]1CC[C@@]2(C)CC([C@@]34CC[C@H]5C[C@@H]6CC[C@H]7[C@H](CO)C=C[C@H](C3)[C@@]67[C@@]5(C)N4)=CC(C)=C2C1. The van der Waals surface area contributed by atoms with Gasteiger partial charge >= 0.3 is 0 Å². The molecular weight excluding hydrogens is 426 g/mol. The van der Waals surface area contributed by atoms with Crippen LogP contribution in [0.3, 0.4) is 0 Å². The maximum Gasteiger partial charge on any atom is 0.0496 e. The van der Waals surface area contributed by atoms with Gasteiger partial charge in [0, 0.05) is 29.0 Å². The average molecular weight is 474 g/mol. The molecule has 2 nitrogen and oxygen atoms in total. The Morgan fingerprint density at radius 3 is 2.71 bits per heavy atom. The predicted molar refractivity (Wildman–Crippen MR) is 144 cm³/mol. The molecular formula is C33H47NO. The van der Waals surface area contributed by atoms with Gasteiger partial charge in [0.1, 0.15) is 0 Å². The van der Waals surface area contributed by atoms with E-state index in [9.17, 15) is 5.11 Å². The minimum Gasteiger partial charge on any atom is -0.396 e. The zero-order chi connectivity index (χ0) is 24.4. The highest BCUT2D eigenvalue weighted by atomic mass is 16.3. The summed E-state index contributed by atoms with van der Waals surface area (Å²) in [4.78, 5) is 0. The second-order valence-corrected chi connectivity index (χ2v) is 14.6. The Balaban J connectivity index is 1.31. The van der Waals surface area contributed by atoms with Gasteiger partial charge in [0.2, 0.25) is 0 Å². The number of aliphatic hydroxyl groups is 1. The molecule has 7 rings (SSSR count). The number of fused-ring (bicyclic) bond motifs is 2. The van der Waals surface area contributed by atoms with E-state index in [1.165, 1.54) is 69.8 Å². The Kier molecular flexibility index (Phi) is 4.77. The highest BCUT2D eigenvalue weighted by molar-refractivity contribution is 5.46. The lowest BCUT2D eigenvalue weighted by Crippen LogP contribution is -2.76. The summed E-state index contributed by atoms with van der Waals surface area (Å²) in [6.07, 6.45) is 20.9. The van der Waals surface area contributed by atoms with Crippen LogP contribution in [-0.2, 0) is 0 Å². The highest BCUT2D eigenvalue weighted by Crippen LogP contribution is 2.76. The molecule has 2 bridgehead atoms. The number of nitrogens with one attached hydrogen (secondary N) is 1. The van der Waals surface area contributed by atoms with Gasteiger partial charge in [-0.1, -0.05) is 48.5 Å². The summed E-state index contributed by atoms with van der Waals surface area (Å²) in [6.45, 7) is 14.5. The molecule has 3 saturated carbocycles. The van der Waals surface area contributed by atoms with Crippen LogP contribution in [0.4, 0.5) is 0 Å². The molecule has 0 radical (unpaired) electrons. The van der Waals surface area contributed by atoms with Crippen LogP contribution in [0.2, 0.25) is 0 Å². The summed E-state index contributed by atoms with van der Waals surface area (Å²) in [5.74, 6) is 4.01. The van der Waals surface area contributed by atoms with Gasteiger partial charge in [0.15, 0.2) is 0 Å². The third-order valence-electron chi connectivity index (χ3n) is 13.3. The second kappa shape index (κ2) is 7.25. The first-order chi connectivity index (χ1) is 16.7. The van der Waals surface area contributed by atoms with Gasteiger partial charge in [-0.15, -0.1) is 0 Å². The molecule has 10 atom stereocenters. The number of hydrogen-bond acceptors (Lipinski definition) is 2. The molecule has 5 fully saturated rings. The minimum absolute atomic E-state index is 0.153. The number of piperidine rings is 2. The molecule has 35 heavy (non-hydrogen) atoms.